The monoisotopic (exact) mass is 437 g/mol. The summed E-state index contributed by atoms with van der Waals surface area (Å²) in [6.07, 6.45) is 1.60. The zero-order valence-corrected chi connectivity index (χ0v) is 18.6. The van der Waals surface area contributed by atoms with E-state index in [0.717, 1.165) is 19.4 Å². The van der Waals surface area contributed by atoms with Gasteiger partial charge in [0.15, 0.2) is 5.16 Å². The van der Waals surface area contributed by atoms with Crippen molar-refractivity contribution in [2.45, 2.75) is 38.0 Å². The summed E-state index contributed by atoms with van der Waals surface area (Å²) >= 11 is 1.34. The Hall–Kier alpha value is -2.64. The quantitative estimate of drug-likeness (QED) is 0.307. The van der Waals surface area contributed by atoms with E-state index in [-0.39, 0.29) is 17.2 Å². The molecule has 1 aliphatic heterocycles. The zero-order chi connectivity index (χ0) is 21.6. The topological polar surface area (TPSA) is 64.4 Å². The van der Waals surface area contributed by atoms with Crippen molar-refractivity contribution >= 4 is 28.6 Å². The number of thioether (sulfide) groups is 1. The molecule has 0 atom stereocenters. The Kier molecular flexibility index (Phi) is 7.04. The number of ether oxygens (including phenoxy) is 1. The van der Waals surface area contributed by atoms with Gasteiger partial charge in [0.1, 0.15) is 0 Å². The van der Waals surface area contributed by atoms with Crippen LogP contribution in [0.5, 0.6) is 0 Å². The van der Waals surface area contributed by atoms with E-state index in [1.54, 1.807) is 10.6 Å². The van der Waals surface area contributed by atoms with Crippen LogP contribution in [0.3, 0.4) is 0 Å². The molecule has 0 radical (unpaired) electrons. The molecule has 0 bridgehead atoms. The van der Waals surface area contributed by atoms with Crippen molar-refractivity contribution in [2.24, 2.45) is 0 Å². The Labute approximate surface area is 186 Å². The van der Waals surface area contributed by atoms with E-state index in [4.69, 9.17) is 9.72 Å². The van der Waals surface area contributed by atoms with E-state index in [0.29, 0.717) is 42.4 Å². The molecule has 0 unspecified atom stereocenters. The number of hydrogen-bond acceptors (Lipinski definition) is 5. The highest BCUT2D eigenvalue weighted by Crippen LogP contribution is 2.22. The predicted molar refractivity (Wildman–Crippen MR) is 123 cm³/mol. The van der Waals surface area contributed by atoms with E-state index < -0.39 is 0 Å². The van der Waals surface area contributed by atoms with E-state index >= 15 is 0 Å². The number of carbonyl (C=O) groups excluding carboxylic acids is 1. The first-order chi connectivity index (χ1) is 15.2. The average molecular weight is 438 g/mol. The number of para-hydroxylation sites is 1. The molecule has 0 fully saturated rings. The van der Waals surface area contributed by atoms with Gasteiger partial charge in [0.25, 0.3) is 5.56 Å². The summed E-state index contributed by atoms with van der Waals surface area (Å²) in [7, 11) is 0. The number of aromatic nitrogens is 2. The maximum atomic E-state index is 13.1. The van der Waals surface area contributed by atoms with Crippen molar-refractivity contribution in [1.29, 1.82) is 0 Å². The molecule has 0 saturated carbocycles. The molecule has 1 aromatic heterocycles. The van der Waals surface area contributed by atoms with Crippen molar-refractivity contribution < 1.29 is 9.53 Å². The number of fused-ring (bicyclic) bond motifs is 2. The average Bonchev–Trinajstić information content (AvgIpc) is 2.81. The second-order valence-corrected chi connectivity index (χ2v) is 8.48. The van der Waals surface area contributed by atoms with Crippen molar-refractivity contribution in [3.8, 4) is 0 Å². The lowest BCUT2D eigenvalue weighted by Crippen LogP contribution is -2.37. The van der Waals surface area contributed by atoms with Gasteiger partial charge in [-0.05, 0) is 43.0 Å². The van der Waals surface area contributed by atoms with Crippen LogP contribution in [-0.4, -0.2) is 45.9 Å². The van der Waals surface area contributed by atoms with Gasteiger partial charge in [-0.1, -0.05) is 48.2 Å². The van der Waals surface area contributed by atoms with Gasteiger partial charge in [-0.15, -0.1) is 0 Å². The van der Waals surface area contributed by atoms with Crippen LogP contribution in [0.1, 0.15) is 24.5 Å². The smallest absolute Gasteiger partial charge is 0.262 e. The standard InChI is InChI=1S/C24H27N3O3S/c1-2-30-15-7-13-27-23(29)20-10-5-6-11-21(20)25-24(27)31-17-22(28)26-14-12-18-8-3-4-9-19(18)16-26/h3-6,8-11H,2,7,12-17H2,1H3. The highest BCUT2D eigenvalue weighted by molar-refractivity contribution is 7.99. The second kappa shape index (κ2) is 10.1. The first-order valence-corrected chi connectivity index (χ1v) is 11.7. The van der Waals surface area contributed by atoms with Crippen LogP contribution in [0, 0.1) is 0 Å². The summed E-state index contributed by atoms with van der Waals surface area (Å²) < 4.78 is 7.11. The summed E-state index contributed by atoms with van der Waals surface area (Å²) in [5, 5.41) is 1.19. The van der Waals surface area contributed by atoms with Gasteiger partial charge in [0.2, 0.25) is 5.91 Å². The summed E-state index contributed by atoms with van der Waals surface area (Å²) in [6, 6.07) is 15.6. The van der Waals surface area contributed by atoms with Crippen LogP contribution >= 0.6 is 11.8 Å². The van der Waals surface area contributed by atoms with Gasteiger partial charge in [0, 0.05) is 32.8 Å². The Morgan fingerprint density at radius 2 is 1.90 bits per heavy atom. The Bertz CT molecular complexity index is 1130. The van der Waals surface area contributed by atoms with E-state index in [9.17, 15) is 9.59 Å². The minimum absolute atomic E-state index is 0.0658. The molecular formula is C24H27N3O3S. The first kappa shape index (κ1) is 21.6. The highest BCUT2D eigenvalue weighted by atomic mass is 32.2. The van der Waals surface area contributed by atoms with Crippen LogP contribution in [0.15, 0.2) is 58.5 Å². The van der Waals surface area contributed by atoms with Gasteiger partial charge in [-0.2, -0.15) is 0 Å². The van der Waals surface area contributed by atoms with Crippen LogP contribution in [0.25, 0.3) is 10.9 Å². The van der Waals surface area contributed by atoms with Crippen molar-refractivity contribution in [3.05, 3.63) is 70.0 Å². The van der Waals surface area contributed by atoms with Gasteiger partial charge in [-0.3, -0.25) is 14.2 Å². The van der Waals surface area contributed by atoms with Crippen LogP contribution in [0.2, 0.25) is 0 Å². The minimum Gasteiger partial charge on any atom is -0.382 e. The summed E-state index contributed by atoms with van der Waals surface area (Å²) in [6.45, 7) is 5.08. The molecule has 7 heteroatoms. The third-order valence-corrected chi connectivity index (χ3v) is 6.47. The fourth-order valence-corrected chi connectivity index (χ4v) is 4.78. The third kappa shape index (κ3) is 4.99. The van der Waals surface area contributed by atoms with Crippen LogP contribution in [0.4, 0.5) is 0 Å². The number of rotatable bonds is 8. The number of benzene rings is 2. The molecule has 6 nitrogen and oxygen atoms in total. The number of amides is 1. The van der Waals surface area contributed by atoms with E-state index in [1.807, 2.05) is 42.2 Å². The maximum Gasteiger partial charge on any atom is 0.262 e. The highest BCUT2D eigenvalue weighted by Gasteiger charge is 2.21. The van der Waals surface area contributed by atoms with Gasteiger partial charge >= 0.3 is 0 Å². The molecular weight excluding hydrogens is 410 g/mol. The molecule has 2 heterocycles. The first-order valence-electron chi connectivity index (χ1n) is 10.7. The largest absolute Gasteiger partial charge is 0.382 e. The minimum atomic E-state index is -0.0658. The third-order valence-electron chi connectivity index (χ3n) is 5.51. The molecule has 0 aliphatic carbocycles. The maximum absolute atomic E-state index is 13.1. The Balaban J connectivity index is 1.50. The molecule has 162 valence electrons. The van der Waals surface area contributed by atoms with Crippen molar-refractivity contribution in [2.75, 3.05) is 25.5 Å². The summed E-state index contributed by atoms with van der Waals surface area (Å²) in [4.78, 5) is 32.6. The Morgan fingerprint density at radius 1 is 1.13 bits per heavy atom. The number of carbonyl (C=O) groups is 1. The van der Waals surface area contributed by atoms with Crippen LogP contribution in [-0.2, 0) is 29.0 Å². The lowest BCUT2D eigenvalue weighted by molar-refractivity contribution is -0.129. The lowest BCUT2D eigenvalue weighted by atomic mass is 10.00. The molecule has 3 aromatic rings. The number of nitrogens with zero attached hydrogens (tertiary/aromatic N) is 3. The molecule has 0 N–H and O–H groups in total. The van der Waals surface area contributed by atoms with Crippen LogP contribution < -0.4 is 5.56 Å². The van der Waals surface area contributed by atoms with E-state index in [1.165, 1.54) is 22.9 Å². The zero-order valence-electron chi connectivity index (χ0n) is 17.8. The lowest BCUT2D eigenvalue weighted by Gasteiger charge is -2.28. The Morgan fingerprint density at radius 3 is 2.74 bits per heavy atom. The van der Waals surface area contributed by atoms with Gasteiger partial charge < -0.3 is 9.64 Å². The predicted octanol–water partition coefficient (Wildman–Crippen LogP) is 3.50. The van der Waals surface area contributed by atoms with Crippen molar-refractivity contribution in [3.63, 3.8) is 0 Å². The molecule has 1 amide bonds. The second-order valence-electron chi connectivity index (χ2n) is 7.54. The van der Waals surface area contributed by atoms with Crippen molar-refractivity contribution in [1.82, 2.24) is 14.5 Å². The molecule has 31 heavy (non-hydrogen) atoms. The fourth-order valence-electron chi connectivity index (χ4n) is 3.85. The van der Waals surface area contributed by atoms with Gasteiger partial charge in [-0.25, -0.2) is 4.98 Å². The number of hydrogen-bond donors (Lipinski definition) is 0. The molecule has 4 rings (SSSR count). The molecule has 0 spiro atoms. The normalized spacial score (nSPS) is 13.4. The SMILES string of the molecule is CCOCCCn1c(SCC(=O)N2CCc3ccccc3C2)nc2ccccc2c1=O. The molecule has 2 aromatic carbocycles. The molecule has 0 saturated heterocycles. The summed E-state index contributed by atoms with van der Waals surface area (Å²) in [5.74, 6) is 0.334. The van der Waals surface area contributed by atoms with Gasteiger partial charge in [0.05, 0.1) is 16.7 Å². The fraction of sp³-hybridized carbons (Fsp3) is 0.375. The summed E-state index contributed by atoms with van der Waals surface area (Å²) in [5.41, 5.74) is 3.13. The molecule has 1 aliphatic rings. The van der Waals surface area contributed by atoms with E-state index in [2.05, 4.69) is 12.1 Å².